The zero-order valence-electron chi connectivity index (χ0n) is 16.2. The van der Waals surface area contributed by atoms with Gasteiger partial charge in [0.05, 0.1) is 0 Å². The van der Waals surface area contributed by atoms with Crippen LogP contribution >= 0.6 is 0 Å². The summed E-state index contributed by atoms with van der Waals surface area (Å²) >= 11 is 0. The molecule has 2 aliphatic heterocycles. The summed E-state index contributed by atoms with van der Waals surface area (Å²) < 4.78 is 1.95. The predicted octanol–water partition coefficient (Wildman–Crippen LogP) is 2.55. The fraction of sp³-hybridized carbons (Fsp3) is 0.600. The van der Waals surface area contributed by atoms with Gasteiger partial charge in [-0.2, -0.15) is 0 Å². The van der Waals surface area contributed by atoms with Crippen molar-refractivity contribution < 1.29 is 4.79 Å². The summed E-state index contributed by atoms with van der Waals surface area (Å²) in [6.45, 7) is 7.64. The summed E-state index contributed by atoms with van der Waals surface area (Å²) in [5.41, 5.74) is 1.12. The van der Waals surface area contributed by atoms with Gasteiger partial charge in [0.25, 0.3) is 0 Å². The number of piperidine rings is 1. The minimum atomic E-state index is -0.204. The van der Waals surface area contributed by atoms with Crippen LogP contribution < -0.4 is 4.90 Å². The Kier molecular flexibility index (Phi) is 5.09. The van der Waals surface area contributed by atoms with Crippen LogP contribution in [0.4, 0.5) is 5.82 Å². The van der Waals surface area contributed by atoms with Crippen molar-refractivity contribution >= 4 is 11.7 Å². The molecule has 0 aliphatic carbocycles. The first-order valence-corrected chi connectivity index (χ1v) is 9.98. The van der Waals surface area contributed by atoms with E-state index in [9.17, 15) is 4.79 Å². The number of aryl methyl sites for hydroxylation is 1. The Morgan fingerprint density at radius 3 is 2.52 bits per heavy atom. The molecule has 2 aliphatic rings. The molecule has 2 aromatic heterocycles. The van der Waals surface area contributed by atoms with Crippen molar-refractivity contribution in [1.29, 1.82) is 0 Å². The number of likely N-dealkylation sites (tertiary alicyclic amines) is 1. The quantitative estimate of drug-likeness (QED) is 0.830. The molecule has 0 saturated carbocycles. The van der Waals surface area contributed by atoms with Crippen molar-refractivity contribution in [3.63, 3.8) is 0 Å². The molecule has 0 N–H and O–H groups in total. The number of carbonyl (C=O) groups excluding carboxylic acids is 1. The first-order valence-electron chi connectivity index (χ1n) is 9.98. The highest BCUT2D eigenvalue weighted by molar-refractivity contribution is 5.80. The summed E-state index contributed by atoms with van der Waals surface area (Å²) in [6.07, 6.45) is 9.73. The molecule has 4 heterocycles. The molecule has 4 rings (SSSR count). The van der Waals surface area contributed by atoms with E-state index >= 15 is 0 Å². The summed E-state index contributed by atoms with van der Waals surface area (Å²) in [7, 11) is 0. The molecule has 1 atom stereocenters. The Hall–Kier alpha value is -2.44. The summed E-state index contributed by atoms with van der Waals surface area (Å²) in [5, 5.41) is 0. The average molecular weight is 368 g/mol. The van der Waals surface area contributed by atoms with E-state index in [-0.39, 0.29) is 11.9 Å². The number of nitrogens with zero attached hydrogens (tertiary/aromatic N) is 6. The number of imidazole rings is 1. The lowest BCUT2D eigenvalue weighted by Crippen LogP contribution is -2.41. The number of anilines is 1. The maximum atomic E-state index is 12.9. The van der Waals surface area contributed by atoms with Gasteiger partial charge in [0.2, 0.25) is 5.91 Å². The molecule has 1 amide bonds. The van der Waals surface area contributed by atoms with Gasteiger partial charge in [0, 0.05) is 56.3 Å². The van der Waals surface area contributed by atoms with Crippen molar-refractivity contribution in [1.82, 2.24) is 24.4 Å². The van der Waals surface area contributed by atoms with E-state index in [4.69, 9.17) is 0 Å². The van der Waals surface area contributed by atoms with Crippen LogP contribution in [-0.4, -0.2) is 56.5 Å². The summed E-state index contributed by atoms with van der Waals surface area (Å²) in [4.78, 5) is 30.4. The van der Waals surface area contributed by atoms with Crippen LogP contribution in [0.1, 0.15) is 56.1 Å². The molecule has 2 aromatic rings. The fourth-order valence-electron chi connectivity index (χ4n) is 4.28. The second-order valence-electron chi connectivity index (χ2n) is 7.65. The Morgan fingerprint density at radius 2 is 1.85 bits per heavy atom. The smallest absolute Gasteiger partial charge is 0.245 e. The number of amides is 1. The minimum absolute atomic E-state index is 0.176. The minimum Gasteiger partial charge on any atom is -0.357 e. The van der Waals surface area contributed by atoms with Gasteiger partial charge < -0.3 is 14.4 Å². The molecule has 27 heavy (non-hydrogen) atoms. The van der Waals surface area contributed by atoms with Gasteiger partial charge in [-0.05, 0) is 39.5 Å². The van der Waals surface area contributed by atoms with E-state index in [2.05, 4.69) is 25.9 Å². The van der Waals surface area contributed by atoms with Gasteiger partial charge in [0.1, 0.15) is 24.0 Å². The predicted molar refractivity (Wildman–Crippen MR) is 104 cm³/mol. The Morgan fingerprint density at radius 1 is 1.11 bits per heavy atom. The molecule has 144 valence electrons. The second kappa shape index (κ2) is 7.66. The van der Waals surface area contributed by atoms with Crippen LogP contribution in [0.2, 0.25) is 0 Å². The van der Waals surface area contributed by atoms with Crippen LogP contribution in [-0.2, 0) is 4.79 Å². The van der Waals surface area contributed by atoms with E-state index in [0.29, 0.717) is 5.92 Å². The number of rotatable bonds is 4. The van der Waals surface area contributed by atoms with Crippen LogP contribution in [0.3, 0.4) is 0 Å². The van der Waals surface area contributed by atoms with Gasteiger partial charge in [-0.15, -0.1) is 0 Å². The SMILES string of the molecule is Cc1nccn1[C@H](C)C(=O)N1CCC(c2cc(N3CCCC3)ncn2)CC1. The molecule has 7 heteroatoms. The Labute approximate surface area is 160 Å². The number of hydrogen-bond acceptors (Lipinski definition) is 5. The lowest BCUT2D eigenvalue weighted by atomic mass is 9.93. The third-order valence-electron chi connectivity index (χ3n) is 5.97. The maximum absolute atomic E-state index is 12.9. The van der Waals surface area contributed by atoms with Gasteiger partial charge >= 0.3 is 0 Å². The van der Waals surface area contributed by atoms with Crippen molar-refractivity contribution in [2.75, 3.05) is 31.1 Å². The number of carbonyl (C=O) groups is 1. The third-order valence-corrected chi connectivity index (χ3v) is 5.97. The monoisotopic (exact) mass is 368 g/mol. The zero-order valence-corrected chi connectivity index (χ0v) is 16.2. The van der Waals surface area contributed by atoms with E-state index in [1.54, 1.807) is 12.5 Å². The Bertz CT molecular complexity index is 789. The molecular formula is C20H28N6O. The van der Waals surface area contributed by atoms with E-state index in [1.165, 1.54) is 12.8 Å². The van der Waals surface area contributed by atoms with Crippen LogP contribution in [0, 0.1) is 6.92 Å². The normalized spacial score (nSPS) is 19.5. The van der Waals surface area contributed by atoms with Crippen molar-refractivity contribution in [3.8, 4) is 0 Å². The highest BCUT2D eigenvalue weighted by atomic mass is 16.2. The van der Waals surface area contributed by atoms with Gasteiger partial charge in [-0.3, -0.25) is 4.79 Å². The maximum Gasteiger partial charge on any atom is 0.245 e. The van der Waals surface area contributed by atoms with Gasteiger partial charge in [-0.1, -0.05) is 0 Å². The topological polar surface area (TPSA) is 67.2 Å². The largest absolute Gasteiger partial charge is 0.357 e. The lowest BCUT2D eigenvalue weighted by Gasteiger charge is -2.34. The molecular weight excluding hydrogens is 340 g/mol. The van der Waals surface area contributed by atoms with Gasteiger partial charge in [0.15, 0.2) is 0 Å². The molecule has 2 fully saturated rings. The van der Waals surface area contributed by atoms with E-state index in [1.807, 2.05) is 29.5 Å². The fourth-order valence-corrected chi connectivity index (χ4v) is 4.28. The van der Waals surface area contributed by atoms with E-state index < -0.39 is 0 Å². The standard InChI is InChI=1S/C20H28N6O/c1-15(26-12-7-21-16(26)2)20(27)25-10-5-17(6-11-25)18-13-19(23-14-22-18)24-8-3-4-9-24/h7,12-15,17H,3-6,8-11H2,1-2H3/t15-/m1/s1. The van der Waals surface area contributed by atoms with Crippen molar-refractivity contribution in [2.45, 2.75) is 51.5 Å². The molecule has 0 bridgehead atoms. The summed E-state index contributed by atoms with van der Waals surface area (Å²) in [5.74, 6) is 2.51. The third kappa shape index (κ3) is 3.68. The highest BCUT2D eigenvalue weighted by Gasteiger charge is 2.28. The van der Waals surface area contributed by atoms with Crippen LogP contribution in [0.25, 0.3) is 0 Å². The lowest BCUT2D eigenvalue weighted by molar-refractivity contribution is -0.135. The first-order chi connectivity index (χ1) is 13.1. The number of hydrogen-bond donors (Lipinski definition) is 0. The van der Waals surface area contributed by atoms with Crippen molar-refractivity contribution in [2.24, 2.45) is 0 Å². The molecule has 0 spiro atoms. The molecule has 0 radical (unpaired) electrons. The van der Waals surface area contributed by atoms with E-state index in [0.717, 1.165) is 56.4 Å². The molecule has 2 saturated heterocycles. The van der Waals surface area contributed by atoms with Gasteiger partial charge in [-0.25, -0.2) is 15.0 Å². The number of aromatic nitrogens is 4. The van der Waals surface area contributed by atoms with Crippen LogP contribution in [0.5, 0.6) is 0 Å². The van der Waals surface area contributed by atoms with Crippen molar-refractivity contribution in [3.05, 3.63) is 36.3 Å². The average Bonchev–Trinajstić information content (AvgIpc) is 3.39. The van der Waals surface area contributed by atoms with Crippen LogP contribution in [0.15, 0.2) is 24.8 Å². The summed E-state index contributed by atoms with van der Waals surface area (Å²) in [6, 6.07) is 1.95. The second-order valence-corrected chi connectivity index (χ2v) is 7.65. The molecule has 0 aromatic carbocycles. The molecule has 7 nitrogen and oxygen atoms in total. The zero-order chi connectivity index (χ0) is 18.8. The Balaban J connectivity index is 1.38. The first kappa shape index (κ1) is 17.9. The highest BCUT2D eigenvalue weighted by Crippen LogP contribution is 2.30. The molecule has 0 unspecified atom stereocenters.